The van der Waals surface area contributed by atoms with E-state index in [1.54, 1.807) is 0 Å². The Balaban J connectivity index is 1.37. The van der Waals surface area contributed by atoms with E-state index in [0.717, 1.165) is 98.5 Å². The Morgan fingerprint density at radius 2 is 1.67 bits per heavy atom. The molecule has 1 saturated heterocycles. The molecule has 0 aromatic carbocycles. The van der Waals surface area contributed by atoms with Crippen LogP contribution in [0.25, 0.3) is 10.9 Å². The number of aromatic nitrogens is 4. The Kier molecular flexibility index (Phi) is 7.14. The van der Waals surface area contributed by atoms with Crippen LogP contribution in [0.5, 0.6) is 0 Å². The summed E-state index contributed by atoms with van der Waals surface area (Å²) in [5.74, 6) is 0.764. The third-order valence-corrected chi connectivity index (χ3v) is 7.92. The fraction of sp³-hybridized carbons (Fsp3) is 0.536. The van der Waals surface area contributed by atoms with Crippen molar-refractivity contribution >= 4 is 22.5 Å². The second-order valence-corrected chi connectivity index (χ2v) is 10.1. The molecule has 2 fully saturated rings. The number of carbonyl (C=O) groups is 1. The Bertz CT molecular complexity index is 1300. The maximum atomic E-state index is 13.4. The number of Topliss-reactive ketones (excluding diaryl/α,β-unsaturated/α-hetero) is 1. The van der Waals surface area contributed by atoms with Gasteiger partial charge in [0.15, 0.2) is 5.78 Å². The number of likely N-dealkylation sites (N-methyl/N-ethyl adjacent to an activating group) is 1. The second kappa shape index (κ2) is 10.5. The average molecular weight is 489 g/mol. The molecule has 36 heavy (non-hydrogen) atoms. The lowest BCUT2D eigenvalue weighted by Crippen LogP contribution is -2.46. The Morgan fingerprint density at radius 1 is 0.972 bits per heavy atom. The quantitative estimate of drug-likeness (QED) is 0.469. The summed E-state index contributed by atoms with van der Waals surface area (Å²) in [6.45, 7) is 10.7. The summed E-state index contributed by atoms with van der Waals surface area (Å²) >= 11 is 0. The maximum absolute atomic E-state index is 13.4. The van der Waals surface area contributed by atoms with E-state index in [9.17, 15) is 9.59 Å². The van der Waals surface area contributed by atoms with Gasteiger partial charge in [0, 0.05) is 49.5 Å². The Morgan fingerprint density at radius 3 is 2.31 bits per heavy atom. The molecule has 8 nitrogen and oxygen atoms in total. The van der Waals surface area contributed by atoms with E-state index in [2.05, 4.69) is 26.7 Å². The van der Waals surface area contributed by atoms with E-state index in [4.69, 9.17) is 4.98 Å². The number of piperazine rings is 1. The van der Waals surface area contributed by atoms with Gasteiger partial charge in [-0.1, -0.05) is 19.8 Å². The van der Waals surface area contributed by atoms with Gasteiger partial charge in [-0.2, -0.15) is 0 Å². The number of carbonyl (C=O) groups excluding carboxylic acids is 1. The number of hydrogen-bond acceptors (Lipinski definition) is 7. The zero-order valence-corrected chi connectivity index (χ0v) is 21.7. The molecule has 8 heteroatoms. The van der Waals surface area contributed by atoms with E-state index in [1.165, 1.54) is 6.92 Å². The molecule has 1 saturated carbocycles. The normalized spacial score (nSPS) is 17.2. The number of fused-ring (bicyclic) bond motifs is 1. The maximum Gasteiger partial charge on any atom is 0.262 e. The molecule has 1 aliphatic heterocycles. The summed E-state index contributed by atoms with van der Waals surface area (Å²) in [4.78, 5) is 44.5. The van der Waals surface area contributed by atoms with Crippen LogP contribution in [-0.4, -0.2) is 62.9 Å². The standard InChI is InChI=1S/C28H36N6O2/c1-4-32-11-13-33(14-12-32)26-18-30-22(16-31-26)10-9-21-15-25-24(17-29-21)19(2)27(20(3)35)28(36)34(25)23-7-5-6-8-23/h15-18,23H,4-14H2,1-3H3. The molecule has 0 radical (unpaired) electrons. The highest BCUT2D eigenvalue weighted by Crippen LogP contribution is 2.32. The van der Waals surface area contributed by atoms with E-state index >= 15 is 0 Å². The number of nitrogens with zero attached hydrogens (tertiary/aromatic N) is 6. The smallest absolute Gasteiger partial charge is 0.262 e. The van der Waals surface area contributed by atoms with Crippen molar-refractivity contribution in [3.05, 3.63) is 57.5 Å². The first kappa shape index (κ1) is 24.6. The average Bonchev–Trinajstić information content (AvgIpc) is 3.42. The minimum atomic E-state index is -0.176. The fourth-order valence-corrected chi connectivity index (χ4v) is 5.77. The van der Waals surface area contributed by atoms with Crippen molar-refractivity contribution in [2.45, 2.75) is 65.3 Å². The van der Waals surface area contributed by atoms with Crippen molar-refractivity contribution < 1.29 is 4.79 Å². The lowest BCUT2D eigenvalue weighted by Gasteiger charge is -2.34. The molecule has 3 aromatic heterocycles. The minimum Gasteiger partial charge on any atom is -0.353 e. The van der Waals surface area contributed by atoms with Crippen LogP contribution >= 0.6 is 0 Å². The lowest BCUT2D eigenvalue weighted by atomic mass is 10.0. The highest BCUT2D eigenvalue weighted by atomic mass is 16.1. The van der Waals surface area contributed by atoms with Crippen LogP contribution in [0.1, 0.15) is 72.9 Å². The predicted octanol–water partition coefficient (Wildman–Crippen LogP) is 3.74. The molecular weight excluding hydrogens is 452 g/mol. The van der Waals surface area contributed by atoms with Gasteiger partial charge in [0.1, 0.15) is 5.82 Å². The molecule has 0 atom stereocenters. The first-order valence-electron chi connectivity index (χ1n) is 13.3. The number of aryl methyl sites for hydroxylation is 3. The van der Waals surface area contributed by atoms with Crippen molar-refractivity contribution in [3.8, 4) is 0 Å². The summed E-state index contributed by atoms with van der Waals surface area (Å²) < 4.78 is 1.88. The second-order valence-electron chi connectivity index (χ2n) is 10.1. The molecule has 1 aliphatic carbocycles. The van der Waals surface area contributed by atoms with Gasteiger partial charge < -0.3 is 14.4 Å². The number of pyridine rings is 2. The summed E-state index contributed by atoms with van der Waals surface area (Å²) in [7, 11) is 0. The first-order chi connectivity index (χ1) is 17.5. The highest BCUT2D eigenvalue weighted by Gasteiger charge is 2.25. The Labute approximate surface area is 212 Å². The van der Waals surface area contributed by atoms with Crippen molar-refractivity contribution in [1.82, 2.24) is 24.4 Å². The van der Waals surface area contributed by atoms with Crippen molar-refractivity contribution in [3.63, 3.8) is 0 Å². The highest BCUT2D eigenvalue weighted by molar-refractivity contribution is 5.99. The van der Waals surface area contributed by atoms with Gasteiger partial charge in [0.05, 0.1) is 29.2 Å². The molecular formula is C28H36N6O2. The van der Waals surface area contributed by atoms with Crippen molar-refractivity contribution in [2.75, 3.05) is 37.6 Å². The van der Waals surface area contributed by atoms with Crippen molar-refractivity contribution in [2.24, 2.45) is 0 Å². The van der Waals surface area contributed by atoms with E-state index in [-0.39, 0.29) is 17.4 Å². The SMILES string of the molecule is CCN1CCN(c2cnc(CCc3cc4c(cn3)c(C)c(C(C)=O)c(=O)n4C3CCCC3)cn2)CC1. The molecule has 0 N–H and O–H groups in total. The molecule has 2 aliphatic rings. The van der Waals surface area contributed by atoms with Gasteiger partial charge in [-0.25, -0.2) is 4.98 Å². The molecule has 0 amide bonds. The summed E-state index contributed by atoms with van der Waals surface area (Å²) in [6.07, 6.45) is 11.2. The van der Waals surface area contributed by atoms with Gasteiger partial charge in [-0.15, -0.1) is 0 Å². The van der Waals surface area contributed by atoms with Gasteiger partial charge in [0.25, 0.3) is 5.56 Å². The molecule has 190 valence electrons. The van der Waals surface area contributed by atoms with Crippen LogP contribution in [0, 0.1) is 6.92 Å². The summed E-state index contributed by atoms with van der Waals surface area (Å²) in [5, 5.41) is 0.891. The van der Waals surface area contributed by atoms with Crippen LogP contribution in [0.15, 0.2) is 29.5 Å². The number of hydrogen-bond donors (Lipinski definition) is 0. The zero-order valence-electron chi connectivity index (χ0n) is 21.7. The monoisotopic (exact) mass is 488 g/mol. The van der Waals surface area contributed by atoms with Gasteiger partial charge in [0.2, 0.25) is 0 Å². The molecule has 3 aromatic rings. The number of ketones is 1. The fourth-order valence-electron chi connectivity index (χ4n) is 5.77. The van der Waals surface area contributed by atoms with Crippen molar-refractivity contribution in [1.29, 1.82) is 0 Å². The van der Waals surface area contributed by atoms with Crippen LogP contribution in [0.2, 0.25) is 0 Å². The van der Waals surface area contributed by atoms with E-state index in [1.807, 2.05) is 36.1 Å². The minimum absolute atomic E-state index is 0.145. The molecule has 0 unspecified atom stereocenters. The van der Waals surface area contributed by atoms with Gasteiger partial charge in [-0.05, 0) is 57.7 Å². The molecule has 5 rings (SSSR count). The molecule has 4 heterocycles. The van der Waals surface area contributed by atoms with E-state index < -0.39 is 0 Å². The number of rotatable bonds is 7. The van der Waals surface area contributed by atoms with Crippen LogP contribution in [0.4, 0.5) is 5.82 Å². The zero-order chi connectivity index (χ0) is 25.2. The van der Waals surface area contributed by atoms with Gasteiger partial charge >= 0.3 is 0 Å². The van der Waals surface area contributed by atoms with Crippen LogP contribution < -0.4 is 10.5 Å². The molecule has 0 bridgehead atoms. The number of anilines is 1. The lowest BCUT2D eigenvalue weighted by molar-refractivity contribution is 0.101. The van der Waals surface area contributed by atoms with Crippen LogP contribution in [0.3, 0.4) is 0 Å². The van der Waals surface area contributed by atoms with Gasteiger partial charge in [-0.3, -0.25) is 19.6 Å². The topological polar surface area (TPSA) is 84.2 Å². The molecule has 0 spiro atoms. The largest absolute Gasteiger partial charge is 0.353 e. The summed E-state index contributed by atoms with van der Waals surface area (Å²) in [6, 6.07) is 2.19. The Hall–Kier alpha value is -3.13. The van der Waals surface area contributed by atoms with Crippen LogP contribution in [-0.2, 0) is 12.8 Å². The predicted molar refractivity (Wildman–Crippen MR) is 142 cm³/mol. The van der Waals surface area contributed by atoms with E-state index in [0.29, 0.717) is 12.0 Å². The third-order valence-electron chi connectivity index (χ3n) is 7.92. The summed E-state index contributed by atoms with van der Waals surface area (Å²) in [5.41, 5.74) is 3.63. The first-order valence-corrected chi connectivity index (χ1v) is 13.3. The third kappa shape index (κ3) is 4.78.